The number of rotatable bonds is 10. The molecule has 1 saturated heterocycles. The zero-order valence-electron chi connectivity index (χ0n) is 27.9. The smallest absolute Gasteiger partial charge is 0.419 e. The number of fused-ring (bicyclic) bond motifs is 1. The molecule has 258 valence electrons. The van der Waals surface area contributed by atoms with Crippen molar-refractivity contribution < 1.29 is 14.7 Å². The van der Waals surface area contributed by atoms with Gasteiger partial charge in [-0.05, 0) is 37.1 Å². The number of nitrogens with zero attached hydrogens (tertiary/aromatic N) is 10. The van der Waals surface area contributed by atoms with Gasteiger partial charge in [0.25, 0.3) is 5.95 Å². The van der Waals surface area contributed by atoms with Crippen LogP contribution in [0.1, 0.15) is 42.3 Å². The number of nitrogens with two attached hydrogens (primary N) is 1. The van der Waals surface area contributed by atoms with Crippen LogP contribution in [0.15, 0.2) is 79.0 Å². The molecule has 1 atom stereocenters. The van der Waals surface area contributed by atoms with E-state index in [9.17, 15) is 25.2 Å². The minimum Gasteiger partial charge on any atom is -0.464 e. The van der Waals surface area contributed by atoms with Crippen molar-refractivity contribution in [3.63, 3.8) is 0 Å². The average molecular weight is 704 g/mol. The van der Waals surface area contributed by atoms with Crippen LogP contribution in [0, 0.1) is 22.7 Å². The Kier molecular flexibility index (Phi) is 10.00. The number of hydrogen-bond donors (Lipinski definition) is 2. The first-order chi connectivity index (χ1) is 24.7. The van der Waals surface area contributed by atoms with Crippen molar-refractivity contribution in [3.8, 4) is 12.1 Å². The number of hydrogen-bond acceptors (Lipinski definition) is 10. The molecule has 0 spiro atoms. The van der Waals surface area contributed by atoms with Gasteiger partial charge in [-0.15, -0.1) is 5.10 Å². The molecule has 0 bridgehead atoms. The number of imidazole rings is 1. The number of benzene rings is 3. The third-order valence-corrected chi connectivity index (χ3v) is 9.40. The normalized spacial score (nSPS) is 13.8. The molecule has 15 heteroatoms. The lowest BCUT2D eigenvalue weighted by Crippen LogP contribution is -2.53. The fourth-order valence-corrected chi connectivity index (χ4v) is 6.69. The summed E-state index contributed by atoms with van der Waals surface area (Å²) in [4.78, 5) is 41.0. The third kappa shape index (κ3) is 6.70. The highest BCUT2D eigenvalue weighted by atomic mass is 35.5. The Morgan fingerprint density at radius 2 is 1.63 bits per heavy atom. The summed E-state index contributed by atoms with van der Waals surface area (Å²) in [5.74, 6) is -0.456. The lowest BCUT2D eigenvalue weighted by atomic mass is 9.97. The Morgan fingerprint density at radius 3 is 2.16 bits per heavy atom. The first-order valence-corrected chi connectivity index (χ1v) is 16.6. The molecule has 6 rings (SSSR count). The van der Waals surface area contributed by atoms with E-state index < -0.39 is 18.0 Å². The molecule has 3 heterocycles. The molecular formula is C36H34ClN11O3. The molecule has 1 fully saturated rings. The average Bonchev–Trinajstić information content (AvgIpc) is 3.58. The maximum absolute atomic E-state index is 13.2. The van der Waals surface area contributed by atoms with Crippen LogP contribution in [0.5, 0.6) is 0 Å². The van der Waals surface area contributed by atoms with Crippen molar-refractivity contribution in [2.75, 3.05) is 47.4 Å². The van der Waals surface area contributed by atoms with E-state index in [0.29, 0.717) is 38.4 Å². The van der Waals surface area contributed by atoms with Crippen LogP contribution in [0.3, 0.4) is 0 Å². The molecule has 0 saturated carbocycles. The van der Waals surface area contributed by atoms with Gasteiger partial charge in [-0.1, -0.05) is 72.3 Å². The van der Waals surface area contributed by atoms with Crippen LogP contribution in [-0.4, -0.2) is 80.4 Å². The Hall–Kier alpha value is -6.22. The SMILES string of the molecule is CCN(c1nc(N(C(=O)O)c2cc(C#N)cc(N3CCN(C(C)C(N)=O)CC3)c2Cl)nn2c(C#N)cnc12)C(c1ccccc1)c1ccccc1. The van der Waals surface area contributed by atoms with Crippen molar-refractivity contribution in [2.45, 2.75) is 25.9 Å². The first kappa shape index (κ1) is 34.6. The quantitative estimate of drug-likeness (QED) is 0.201. The Morgan fingerprint density at radius 1 is 1.00 bits per heavy atom. The van der Waals surface area contributed by atoms with Gasteiger partial charge in [0.1, 0.15) is 6.07 Å². The molecule has 1 unspecified atom stereocenters. The minimum atomic E-state index is -1.47. The number of nitriles is 2. The molecule has 0 aliphatic carbocycles. The van der Waals surface area contributed by atoms with Crippen molar-refractivity contribution in [1.82, 2.24) is 24.5 Å². The van der Waals surface area contributed by atoms with Gasteiger partial charge in [-0.3, -0.25) is 9.69 Å². The fraction of sp³-hybridized carbons (Fsp3) is 0.250. The summed E-state index contributed by atoms with van der Waals surface area (Å²) >= 11 is 7.02. The summed E-state index contributed by atoms with van der Waals surface area (Å²) in [6.45, 7) is 5.98. The predicted molar refractivity (Wildman–Crippen MR) is 192 cm³/mol. The third-order valence-electron chi connectivity index (χ3n) is 9.01. The summed E-state index contributed by atoms with van der Waals surface area (Å²) in [5.41, 5.74) is 8.29. The summed E-state index contributed by atoms with van der Waals surface area (Å²) < 4.78 is 1.27. The molecular weight excluding hydrogens is 670 g/mol. The van der Waals surface area contributed by atoms with Crippen LogP contribution in [-0.2, 0) is 4.79 Å². The van der Waals surface area contributed by atoms with E-state index in [2.05, 4.69) is 22.2 Å². The monoisotopic (exact) mass is 703 g/mol. The largest absolute Gasteiger partial charge is 0.464 e. The predicted octanol–water partition coefficient (Wildman–Crippen LogP) is 4.95. The number of halogens is 1. The second-order valence-corrected chi connectivity index (χ2v) is 12.3. The van der Waals surface area contributed by atoms with Gasteiger partial charge in [-0.2, -0.15) is 20.0 Å². The first-order valence-electron chi connectivity index (χ1n) is 16.2. The minimum absolute atomic E-state index is 0.0409. The van der Waals surface area contributed by atoms with Crippen molar-refractivity contribution in [1.29, 1.82) is 10.5 Å². The van der Waals surface area contributed by atoms with Crippen molar-refractivity contribution in [3.05, 3.63) is 106 Å². The molecule has 0 radical (unpaired) electrons. The van der Waals surface area contributed by atoms with Gasteiger partial charge in [0, 0.05) is 32.7 Å². The Balaban J connectivity index is 1.51. The van der Waals surface area contributed by atoms with E-state index in [0.717, 1.165) is 16.0 Å². The zero-order valence-corrected chi connectivity index (χ0v) is 28.6. The second-order valence-electron chi connectivity index (χ2n) is 11.9. The van der Waals surface area contributed by atoms with E-state index in [1.54, 1.807) is 13.0 Å². The standard InChI is InChI=1S/C36H34ClN11O3/c1-3-46(31(25-10-6-4-7-11-25)26-12-8-5-9-13-26)34-33-41-22-27(21-39)48(33)43-35(42-34)47(36(50)51)29-19-24(20-38)18-28(30(29)37)45-16-14-44(15-17-45)23(2)32(40)49/h4-13,18-19,22-23,31H,3,14-17H2,1-2H3,(H2,40,49)(H,50,51). The van der Waals surface area contributed by atoms with Crippen molar-refractivity contribution >= 4 is 52.4 Å². The van der Waals surface area contributed by atoms with Gasteiger partial charge in [0.15, 0.2) is 17.2 Å². The van der Waals surface area contributed by atoms with E-state index in [-0.39, 0.29) is 45.4 Å². The highest BCUT2D eigenvalue weighted by molar-refractivity contribution is 6.36. The number of carbonyl (C=O) groups is 2. The maximum Gasteiger partial charge on any atom is 0.419 e. The lowest BCUT2D eigenvalue weighted by Gasteiger charge is -2.38. The van der Waals surface area contributed by atoms with E-state index in [4.69, 9.17) is 22.3 Å². The molecule has 1 aliphatic heterocycles. The van der Waals surface area contributed by atoms with Gasteiger partial charge in [0.05, 0.1) is 46.3 Å². The van der Waals surface area contributed by atoms with Gasteiger partial charge < -0.3 is 20.6 Å². The molecule has 5 aromatic rings. The molecule has 1 aliphatic rings. The molecule has 14 nitrogen and oxygen atoms in total. The Labute approximate surface area is 299 Å². The summed E-state index contributed by atoms with van der Waals surface area (Å²) in [7, 11) is 0. The molecule has 51 heavy (non-hydrogen) atoms. The second kappa shape index (κ2) is 14.7. The van der Waals surface area contributed by atoms with Crippen LogP contribution < -0.4 is 20.4 Å². The van der Waals surface area contributed by atoms with Crippen molar-refractivity contribution in [2.24, 2.45) is 5.73 Å². The van der Waals surface area contributed by atoms with Crippen LogP contribution in [0.25, 0.3) is 5.65 Å². The topological polar surface area (TPSA) is 184 Å². The van der Waals surface area contributed by atoms with Crippen LogP contribution in [0.2, 0.25) is 5.02 Å². The fourth-order valence-electron chi connectivity index (χ4n) is 6.38. The summed E-state index contributed by atoms with van der Waals surface area (Å²) in [5, 5.41) is 35.3. The van der Waals surface area contributed by atoms with Crippen LogP contribution in [0.4, 0.5) is 27.9 Å². The Bertz CT molecular complexity index is 2120. The summed E-state index contributed by atoms with van der Waals surface area (Å²) in [6, 6.07) is 25.9. The van der Waals surface area contributed by atoms with E-state index in [1.165, 1.54) is 16.8 Å². The zero-order chi connectivity index (χ0) is 36.2. The molecule has 2 amide bonds. The summed E-state index contributed by atoms with van der Waals surface area (Å²) in [6.07, 6.45) is -0.108. The number of carboxylic acid groups (broad SMARTS) is 1. The number of aromatic nitrogens is 4. The molecule has 2 aromatic heterocycles. The van der Waals surface area contributed by atoms with Gasteiger partial charge in [-0.25, -0.2) is 14.7 Å². The van der Waals surface area contributed by atoms with Gasteiger partial charge >= 0.3 is 6.09 Å². The highest BCUT2D eigenvalue weighted by Gasteiger charge is 2.32. The van der Waals surface area contributed by atoms with E-state index >= 15 is 0 Å². The molecule has 3 aromatic carbocycles. The van der Waals surface area contributed by atoms with Crippen LogP contribution >= 0.6 is 11.6 Å². The number of carbonyl (C=O) groups excluding carboxylic acids is 1. The number of piperazine rings is 1. The number of anilines is 4. The number of amides is 2. The van der Waals surface area contributed by atoms with E-state index in [1.807, 2.05) is 82.3 Å². The number of primary amides is 1. The van der Waals surface area contributed by atoms with Gasteiger partial charge in [0.2, 0.25) is 5.91 Å². The maximum atomic E-state index is 13.2. The lowest BCUT2D eigenvalue weighted by molar-refractivity contribution is -0.122. The highest BCUT2D eigenvalue weighted by Crippen LogP contribution is 2.41. The molecule has 3 N–H and O–H groups in total.